The van der Waals surface area contributed by atoms with Crippen molar-refractivity contribution in [2.75, 3.05) is 4.90 Å². The summed E-state index contributed by atoms with van der Waals surface area (Å²) in [6.07, 6.45) is 0. The van der Waals surface area contributed by atoms with Gasteiger partial charge in [-0.15, -0.1) is 0 Å². The maximum atomic E-state index is 7.10. The van der Waals surface area contributed by atoms with Crippen LogP contribution in [0, 0.1) is 0 Å². The van der Waals surface area contributed by atoms with Crippen LogP contribution >= 0.6 is 0 Å². The van der Waals surface area contributed by atoms with E-state index in [1.165, 1.54) is 60.5 Å². The number of hydrogen-bond acceptors (Lipinski definition) is 2. The van der Waals surface area contributed by atoms with Crippen molar-refractivity contribution in [2.24, 2.45) is 0 Å². The molecule has 0 unspecified atom stereocenters. The lowest BCUT2D eigenvalue weighted by molar-refractivity contribution is 0.507. The van der Waals surface area contributed by atoms with Crippen molar-refractivity contribution in [2.45, 2.75) is 5.41 Å². The number of benzene rings is 8. The van der Waals surface area contributed by atoms with E-state index in [9.17, 15) is 0 Å². The molecule has 1 aromatic heterocycles. The zero-order chi connectivity index (χ0) is 32.1. The number of hydrogen-bond donors (Lipinski definition) is 0. The predicted octanol–water partition coefficient (Wildman–Crippen LogP) is 12.6. The van der Waals surface area contributed by atoms with E-state index in [0.29, 0.717) is 0 Å². The quantitative estimate of drug-likeness (QED) is 0.182. The summed E-state index contributed by atoms with van der Waals surface area (Å²) >= 11 is 0. The molecule has 0 fully saturated rings. The lowest BCUT2D eigenvalue weighted by Gasteiger charge is -2.31. The molecular weight excluding hydrogens is 595 g/mol. The van der Waals surface area contributed by atoms with E-state index in [4.69, 9.17) is 4.42 Å². The van der Waals surface area contributed by atoms with E-state index in [1.54, 1.807) is 0 Å². The van der Waals surface area contributed by atoms with Crippen molar-refractivity contribution >= 4 is 49.6 Å². The van der Waals surface area contributed by atoms with Gasteiger partial charge in [-0.1, -0.05) is 146 Å². The van der Waals surface area contributed by atoms with Crippen LogP contribution in [-0.2, 0) is 5.41 Å². The number of furan rings is 1. The lowest BCUT2D eigenvalue weighted by Crippen LogP contribution is -2.25. The fourth-order valence-corrected chi connectivity index (χ4v) is 8.96. The molecule has 2 heteroatoms. The van der Waals surface area contributed by atoms with E-state index in [0.717, 1.165) is 33.8 Å². The standard InChI is InChI=1S/C47H29NO/c1-2-16-31(17-3-1)48(42-29-30-15-4-5-18-32(30)33-19-6-7-22-36(33)42)41-27-14-26-40-45(41)44-37-23-10-13-28-43(37)49-46(44)47(40)38-24-11-8-20-34(38)35-21-9-12-25-39(35)47/h1-29H. The van der Waals surface area contributed by atoms with Gasteiger partial charge in [0.2, 0.25) is 0 Å². The zero-order valence-corrected chi connectivity index (χ0v) is 26.6. The number of rotatable bonds is 3. The second-order valence-corrected chi connectivity index (χ2v) is 13.2. The van der Waals surface area contributed by atoms with E-state index >= 15 is 0 Å². The fraction of sp³-hybridized carbons (Fsp3) is 0.0213. The Balaban J connectivity index is 1.31. The molecule has 2 aliphatic carbocycles. The Hall–Kier alpha value is -6.38. The normalized spacial score (nSPS) is 13.5. The summed E-state index contributed by atoms with van der Waals surface area (Å²) in [5, 5.41) is 6.07. The summed E-state index contributed by atoms with van der Waals surface area (Å²) in [6.45, 7) is 0. The molecule has 0 bridgehead atoms. The minimum atomic E-state index is -0.583. The molecule has 0 aliphatic heterocycles. The van der Waals surface area contributed by atoms with Crippen LogP contribution in [0.1, 0.15) is 22.5 Å². The van der Waals surface area contributed by atoms with Crippen LogP contribution in [0.2, 0.25) is 0 Å². The highest BCUT2D eigenvalue weighted by Crippen LogP contribution is 2.66. The van der Waals surface area contributed by atoms with Gasteiger partial charge in [-0.05, 0) is 74.3 Å². The molecule has 0 N–H and O–H groups in total. The van der Waals surface area contributed by atoms with Crippen molar-refractivity contribution in [3.63, 3.8) is 0 Å². The summed E-state index contributed by atoms with van der Waals surface area (Å²) in [7, 11) is 0. The summed E-state index contributed by atoms with van der Waals surface area (Å²) in [6, 6.07) is 64.0. The van der Waals surface area contributed by atoms with Crippen molar-refractivity contribution in [3.05, 3.63) is 198 Å². The number of nitrogens with zero attached hydrogens (tertiary/aromatic N) is 1. The predicted molar refractivity (Wildman–Crippen MR) is 202 cm³/mol. The Kier molecular flexibility index (Phi) is 5.34. The monoisotopic (exact) mass is 623 g/mol. The number of para-hydroxylation sites is 2. The molecule has 2 aliphatic rings. The Labute approximate surface area is 284 Å². The SMILES string of the molecule is c1ccc(N(c2cccc3c2-c2c(oc4ccccc24)C32c3ccccc3-c3ccccc32)c2cc3ccccc3c3ccccc23)cc1. The first-order valence-electron chi connectivity index (χ1n) is 16.9. The van der Waals surface area contributed by atoms with Gasteiger partial charge in [0, 0.05) is 27.6 Å². The third kappa shape index (κ3) is 3.40. The second-order valence-electron chi connectivity index (χ2n) is 13.2. The van der Waals surface area contributed by atoms with Gasteiger partial charge in [-0.25, -0.2) is 0 Å². The Bertz CT molecular complexity index is 2740. The molecule has 0 saturated carbocycles. The summed E-state index contributed by atoms with van der Waals surface area (Å²) < 4.78 is 7.10. The van der Waals surface area contributed by atoms with Crippen LogP contribution in [0.3, 0.4) is 0 Å². The summed E-state index contributed by atoms with van der Waals surface area (Å²) in [5.74, 6) is 1.00. The Morgan fingerprint density at radius 2 is 1.00 bits per heavy atom. The zero-order valence-electron chi connectivity index (χ0n) is 26.6. The number of fused-ring (bicyclic) bond motifs is 15. The first-order chi connectivity index (χ1) is 24.3. The maximum Gasteiger partial charge on any atom is 0.135 e. The minimum Gasteiger partial charge on any atom is -0.459 e. The third-order valence-corrected chi connectivity index (χ3v) is 10.8. The molecule has 2 nitrogen and oxygen atoms in total. The van der Waals surface area contributed by atoms with Crippen molar-refractivity contribution in [1.82, 2.24) is 0 Å². The molecule has 1 spiro atoms. The largest absolute Gasteiger partial charge is 0.459 e. The molecule has 11 rings (SSSR count). The van der Waals surface area contributed by atoms with Gasteiger partial charge >= 0.3 is 0 Å². The first kappa shape index (κ1) is 26.7. The molecule has 9 aromatic rings. The lowest BCUT2D eigenvalue weighted by atomic mass is 9.73. The van der Waals surface area contributed by atoms with Gasteiger partial charge in [-0.2, -0.15) is 0 Å². The summed E-state index contributed by atoms with van der Waals surface area (Å²) in [5.41, 5.74) is 12.5. The average molecular weight is 624 g/mol. The molecule has 8 aromatic carbocycles. The molecular formula is C47H29NO. The average Bonchev–Trinajstić information content (AvgIpc) is 3.79. The van der Waals surface area contributed by atoms with Crippen LogP contribution in [-0.4, -0.2) is 0 Å². The van der Waals surface area contributed by atoms with E-state index in [1.807, 2.05) is 0 Å². The van der Waals surface area contributed by atoms with Crippen LogP contribution < -0.4 is 4.90 Å². The summed E-state index contributed by atoms with van der Waals surface area (Å²) in [4.78, 5) is 2.48. The maximum absolute atomic E-state index is 7.10. The molecule has 0 radical (unpaired) electrons. The highest BCUT2D eigenvalue weighted by Gasteiger charge is 2.55. The fourth-order valence-electron chi connectivity index (χ4n) is 8.96. The minimum absolute atomic E-state index is 0.583. The molecule has 0 atom stereocenters. The molecule has 0 saturated heterocycles. The van der Waals surface area contributed by atoms with Gasteiger partial charge in [0.25, 0.3) is 0 Å². The van der Waals surface area contributed by atoms with Crippen LogP contribution in [0.5, 0.6) is 0 Å². The van der Waals surface area contributed by atoms with Gasteiger partial charge < -0.3 is 9.32 Å². The van der Waals surface area contributed by atoms with Crippen LogP contribution in [0.15, 0.2) is 180 Å². The van der Waals surface area contributed by atoms with Gasteiger partial charge in [0.15, 0.2) is 0 Å². The van der Waals surface area contributed by atoms with E-state index in [-0.39, 0.29) is 0 Å². The Morgan fingerprint density at radius 1 is 0.408 bits per heavy atom. The topological polar surface area (TPSA) is 16.4 Å². The van der Waals surface area contributed by atoms with Crippen molar-refractivity contribution < 1.29 is 4.42 Å². The second kappa shape index (κ2) is 9.82. The van der Waals surface area contributed by atoms with Crippen molar-refractivity contribution in [1.29, 1.82) is 0 Å². The smallest absolute Gasteiger partial charge is 0.135 e. The molecule has 1 heterocycles. The highest BCUT2D eigenvalue weighted by atomic mass is 16.3. The first-order valence-corrected chi connectivity index (χ1v) is 16.9. The van der Waals surface area contributed by atoms with Crippen LogP contribution in [0.4, 0.5) is 17.1 Å². The van der Waals surface area contributed by atoms with Crippen molar-refractivity contribution in [3.8, 4) is 22.3 Å². The highest BCUT2D eigenvalue weighted by molar-refractivity contribution is 6.16. The Morgan fingerprint density at radius 3 is 1.78 bits per heavy atom. The third-order valence-electron chi connectivity index (χ3n) is 10.8. The molecule has 228 valence electrons. The van der Waals surface area contributed by atoms with Gasteiger partial charge in [0.05, 0.1) is 11.4 Å². The van der Waals surface area contributed by atoms with Crippen LogP contribution in [0.25, 0.3) is 54.8 Å². The van der Waals surface area contributed by atoms with E-state index < -0.39 is 5.41 Å². The van der Waals surface area contributed by atoms with Gasteiger partial charge in [-0.3, -0.25) is 0 Å². The van der Waals surface area contributed by atoms with E-state index in [2.05, 4.69) is 181 Å². The molecule has 0 amide bonds. The molecule has 49 heavy (non-hydrogen) atoms. The number of anilines is 3. The van der Waals surface area contributed by atoms with Gasteiger partial charge in [0.1, 0.15) is 16.8 Å².